The zero-order chi connectivity index (χ0) is 24.9. The Bertz CT molecular complexity index is 1240. The van der Waals surface area contributed by atoms with Crippen molar-refractivity contribution in [2.75, 3.05) is 20.3 Å². The molecule has 35 heavy (non-hydrogen) atoms. The van der Waals surface area contributed by atoms with E-state index in [1.165, 1.54) is 16.8 Å². The summed E-state index contributed by atoms with van der Waals surface area (Å²) in [6.07, 6.45) is 2.40. The third kappa shape index (κ3) is 5.92. The molecule has 0 saturated carbocycles. The van der Waals surface area contributed by atoms with Crippen molar-refractivity contribution in [1.82, 2.24) is 5.01 Å². The van der Waals surface area contributed by atoms with E-state index < -0.39 is 5.91 Å². The molecule has 9 heteroatoms. The molecule has 2 aliphatic heterocycles. The van der Waals surface area contributed by atoms with Crippen molar-refractivity contribution in [3.63, 3.8) is 0 Å². The van der Waals surface area contributed by atoms with Gasteiger partial charge in [-0.05, 0) is 66.1 Å². The van der Waals surface area contributed by atoms with Crippen LogP contribution in [-0.4, -0.2) is 47.3 Å². The summed E-state index contributed by atoms with van der Waals surface area (Å²) < 4.78 is 17.0. The minimum Gasteiger partial charge on any atom is -0.493 e. The van der Waals surface area contributed by atoms with E-state index in [0.717, 1.165) is 22.8 Å². The Morgan fingerprint density at radius 3 is 2.66 bits per heavy atom. The first-order valence-electron chi connectivity index (χ1n) is 11.3. The number of carbonyl (C=O) groups excluding carboxylic acids is 1. The third-order valence-corrected chi connectivity index (χ3v) is 6.11. The molecule has 2 aromatic rings. The van der Waals surface area contributed by atoms with Crippen LogP contribution < -0.4 is 14.2 Å². The molecule has 0 bridgehead atoms. The van der Waals surface area contributed by atoms with Crippen LogP contribution in [-0.2, 0) is 4.79 Å². The van der Waals surface area contributed by atoms with Crippen LogP contribution in [0.15, 0.2) is 58.1 Å². The van der Waals surface area contributed by atoms with Gasteiger partial charge in [-0.1, -0.05) is 32.0 Å². The fourth-order valence-electron chi connectivity index (χ4n) is 3.54. The van der Waals surface area contributed by atoms with Crippen LogP contribution in [0.5, 0.6) is 17.2 Å². The minimum absolute atomic E-state index is 0.0128. The molecule has 0 spiro atoms. The van der Waals surface area contributed by atoms with E-state index in [1.54, 1.807) is 31.4 Å². The highest BCUT2D eigenvalue weighted by Crippen LogP contribution is 2.32. The van der Waals surface area contributed by atoms with Crippen LogP contribution in [0.25, 0.3) is 6.08 Å². The molecule has 0 aliphatic carbocycles. The number of methoxy groups -OCH3 is 1. The van der Waals surface area contributed by atoms with E-state index in [4.69, 9.17) is 19.6 Å². The number of nitrogens with zero attached hydrogens (tertiary/aromatic N) is 3. The summed E-state index contributed by atoms with van der Waals surface area (Å²) in [5.74, 6) is 1.85. The molecule has 4 rings (SSSR count). The molecule has 0 atom stereocenters. The highest BCUT2D eigenvalue weighted by molar-refractivity contribution is 8.26. The molecule has 182 valence electrons. The van der Waals surface area contributed by atoms with Crippen molar-refractivity contribution >= 4 is 39.8 Å². The van der Waals surface area contributed by atoms with Gasteiger partial charge in [0.1, 0.15) is 24.0 Å². The van der Waals surface area contributed by atoms with Crippen LogP contribution in [0.1, 0.15) is 31.4 Å². The average Bonchev–Trinajstić information content (AvgIpc) is 3.21. The summed E-state index contributed by atoms with van der Waals surface area (Å²) in [4.78, 5) is 16.8. The number of hydrogen-bond acceptors (Lipinski definition) is 7. The fourth-order valence-corrected chi connectivity index (χ4v) is 4.64. The summed E-state index contributed by atoms with van der Waals surface area (Å²) in [5, 5.41) is 15.7. The average molecular weight is 493 g/mol. The Balaban J connectivity index is 1.44. The highest BCUT2D eigenvalue weighted by Gasteiger charge is 2.35. The minimum atomic E-state index is -0.456. The smallest absolute Gasteiger partial charge is 0.283 e. The van der Waals surface area contributed by atoms with Crippen LogP contribution in [0.4, 0.5) is 0 Å². The number of rotatable bonds is 9. The first-order valence-corrected chi connectivity index (χ1v) is 12.1. The molecule has 0 saturated heterocycles. The molecular weight excluding hydrogens is 464 g/mol. The number of aryl methyl sites for hydroxylation is 1. The number of hydrogen-bond donors (Lipinski definition) is 1. The van der Waals surface area contributed by atoms with Crippen LogP contribution in [0.3, 0.4) is 0 Å². The van der Waals surface area contributed by atoms with E-state index in [9.17, 15) is 4.79 Å². The van der Waals surface area contributed by atoms with Crippen molar-refractivity contribution in [2.45, 2.75) is 27.2 Å². The Kier molecular flexibility index (Phi) is 7.55. The van der Waals surface area contributed by atoms with Gasteiger partial charge in [-0.2, -0.15) is 15.1 Å². The number of ether oxygens (including phenoxy) is 3. The van der Waals surface area contributed by atoms with Gasteiger partial charge in [0.2, 0.25) is 5.17 Å². The molecule has 0 fully saturated rings. The normalized spacial score (nSPS) is 16.4. The van der Waals surface area contributed by atoms with Crippen molar-refractivity contribution in [1.29, 1.82) is 5.41 Å². The SMILES string of the molecule is COc1cc(/C=C2/C(=N)N3N=C(CC(C)C)SC3=NC2=O)ccc1OCCOc1cccc(C)c1. The summed E-state index contributed by atoms with van der Waals surface area (Å²) in [7, 11) is 1.55. The van der Waals surface area contributed by atoms with E-state index in [1.807, 2.05) is 31.2 Å². The molecular formula is C26H28N4O4S. The van der Waals surface area contributed by atoms with Crippen LogP contribution in [0, 0.1) is 18.3 Å². The lowest BCUT2D eigenvalue weighted by molar-refractivity contribution is -0.114. The molecule has 8 nitrogen and oxygen atoms in total. The van der Waals surface area contributed by atoms with Gasteiger partial charge in [0.25, 0.3) is 5.91 Å². The maximum Gasteiger partial charge on any atom is 0.283 e. The number of carbonyl (C=O) groups is 1. The molecule has 0 radical (unpaired) electrons. The number of fused-ring (bicyclic) bond motifs is 1. The molecule has 1 amide bonds. The van der Waals surface area contributed by atoms with Crippen molar-refractivity contribution in [3.05, 3.63) is 59.2 Å². The monoisotopic (exact) mass is 492 g/mol. The van der Waals surface area contributed by atoms with Gasteiger partial charge in [-0.25, -0.2) is 0 Å². The predicted octanol–water partition coefficient (Wildman–Crippen LogP) is 5.13. The number of hydrazone groups is 1. The second-order valence-electron chi connectivity index (χ2n) is 8.54. The number of nitrogens with one attached hydrogen (secondary N) is 1. The summed E-state index contributed by atoms with van der Waals surface area (Å²) in [5.41, 5.74) is 1.99. The van der Waals surface area contributed by atoms with Gasteiger partial charge in [0.15, 0.2) is 17.3 Å². The molecule has 1 N–H and O–H groups in total. The molecule has 0 unspecified atom stereocenters. The highest BCUT2D eigenvalue weighted by atomic mass is 32.2. The molecule has 2 heterocycles. The number of thioether (sulfide) groups is 1. The molecule has 0 aromatic heterocycles. The van der Waals surface area contributed by atoms with E-state index >= 15 is 0 Å². The number of amides is 1. The molecule has 2 aliphatic rings. The van der Waals surface area contributed by atoms with Crippen molar-refractivity contribution < 1.29 is 19.0 Å². The third-order valence-electron chi connectivity index (χ3n) is 5.18. The lowest BCUT2D eigenvalue weighted by atomic mass is 10.1. The summed E-state index contributed by atoms with van der Waals surface area (Å²) >= 11 is 1.35. The van der Waals surface area contributed by atoms with Gasteiger partial charge >= 0.3 is 0 Å². The largest absolute Gasteiger partial charge is 0.493 e. The lowest BCUT2D eigenvalue weighted by Gasteiger charge is -2.20. The lowest BCUT2D eigenvalue weighted by Crippen LogP contribution is -2.35. The van der Waals surface area contributed by atoms with E-state index in [2.05, 4.69) is 23.9 Å². The van der Waals surface area contributed by atoms with E-state index in [-0.39, 0.29) is 11.4 Å². The van der Waals surface area contributed by atoms with Gasteiger partial charge < -0.3 is 14.2 Å². The Morgan fingerprint density at radius 2 is 1.91 bits per heavy atom. The fraction of sp³-hybridized carbons (Fsp3) is 0.308. The Morgan fingerprint density at radius 1 is 1.11 bits per heavy atom. The first kappa shape index (κ1) is 24.5. The predicted molar refractivity (Wildman–Crippen MR) is 140 cm³/mol. The summed E-state index contributed by atoms with van der Waals surface area (Å²) in [6.45, 7) is 6.94. The standard InChI is InChI=1S/C26H28N4O4S/c1-16(2)12-23-29-30-24(27)20(25(31)28-26(30)35-23)14-18-8-9-21(22(15-18)32-4)34-11-10-33-19-7-5-6-17(3)13-19/h5-9,13-16,27H,10-12H2,1-4H3/b20-14-,27-24?. The van der Waals surface area contributed by atoms with Crippen molar-refractivity contribution in [3.8, 4) is 17.2 Å². The molecule has 2 aromatic carbocycles. The van der Waals surface area contributed by atoms with Crippen LogP contribution >= 0.6 is 11.8 Å². The maximum atomic E-state index is 12.7. The zero-order valence-electron chi connectivity index (χ0n) is 20.2. The Labute approximate surface area is 209 Å². The van der Waals surface area contributed by atoms with Crippen LogP contribution in [0.2, 0.25) is 0 Å². The van der Waals surface area contributed by atoms with E-state index in [0.29, 0.717) is 41.4 Å². The van der Waals surface area contributed by atoms with Gasteiger partial charge in [0.05, 0.1) is 12.7 Å². The number of amidine groups is 2. The zero-order valence-corrected chi connectivity index (χ0v) is 21.0. The maximum absolute atomic E-state index is 12.7. The van der Waals surface area contributed by atoms with Gasteiger partial charge in [-0.3, -0.25) is 10.2 Å². The number of benzene rings is 2. The summed E-state index contributed by atoms with van der Waals surface area (Å²) in [6, 6.07) is 13.2. The second-order valence-corrected chi connectivity index (χ2v) is 9.58. The quantitative estimate of drug-likeness (QED) is 0.385. The Hall–Kier alpha value is -3.59. The first-order chi connectivity index (χ1) is 16.8. The van der Waals surface area contributed by atoms with Crippen molar-refractivity contribution in [2.24, 2.45) is 16.0 Å². The van der Waals surface area contributed by atoms with Gasteiger partial charge in [-0.15, -0.1) is 0 Å². The van der Waals surface area contributed by atoms with Gasteiger partial charge in [0, 0.05) is 6.42 Å². The second kappa shape index (κ2) is 10.8. The topological polar surface area (TPSA) is 96.6 Å². The number of aliphatic imine (C=N–C) groups is 1.